The molecule has 0 aliphatic heterocycles. The average Bonchev–Trinajstić information content (AvgIpc) is 2.11. The van der Waals surface area contributed by atoms with Gasteiger partial charge in [0, 0.05) is 7.11 Å². The van der Waals surface area contributed by atoms with Crippen molar-refractivity contribution < 1.29 is 9.47 Å². The Balaban J connectivity index is 2.06. The van der Waals surface area contributed by atoms with Gasteiger partial charge < -0.3 is 14.8 Å². The molecule has 0 heterocycles. The third-order valence-corrected chi connectivity index (χ3v) is 2.64. The Bertz CT molecular complexity index is 137. The number of nitrogens with one attached hydrogen (secondary N) is 1. The summed E-state index contributed by atoms with van der Waals surface area (Å²) in [6, 6.07) is 0.362. The summed E-state index contributed by atoms with van der Waals surface area (Å²) in [5.74, 6) is 0. The van der Waals surface area contributed by atoms with Crippen LogP contribution in [0, 0.1) is 0 Å². The Kier molecular flexibility index (Phi) is 6.15. The van der Waals surface area contributed by atoms with Gasteiger partial charge in [0.15, 0.2) is 0 Å². The van der Waals surface area contributed by atoms with Crippen LogP contribution >= 0.6 is 0 Å². The normalized spacial score (nSPS) is 19.3. The zero-order chi connectivity index (χ0) is 10.2. The first-order chi connectivity index (χ1) is 6.86. The van der Waals surface area contributed by atoms with Crippen LogP contribution < -0.4 is 5.32 Å². The highest BCUT2D eigenvalue weighted by molar-refractivity contribution is 4.72. The first-order valence-corrected chi connectivity index (χ1v) is 5.70. The number of hydrogen-bond donors (Lipinski definition) is 1. The van der Waals surface area contributed by atoms with Gasteiger partial charge in [-0.05, 0) is 32.2 Å². The average molecular weight is 201 g/mol. The van der Waals surface area contributed by atoms with Crippen LogP contribution in [0.25, 0.3) is 0 Å². The molecule has 0 saturated heterocycles. The minimum Gasteiger partial charge on any atom is -0.383 e. The van der Waals surface area contributed by atoms with Crippen LogP contribution in [0.5, 0.6) is 0 Å². The van der Waals surface area contributed by atoms with Crippen LogP contribution in [0.3, 0.4) is 0 Å². The number of hydrogen-bond acceptors (Lipinski definition) is 3. The van der Waals surface area contributed by atoms with E-state index in [2.05, 4.69) is 12.2 Å². The van der Waals surface area contributed by atoms with Gasteiger partial charge in [-0.15, -0.1) is 0 Å². The molecule has 0 aromatic rings. The van der Waals surface area contributed by atoms with Crippen LogP contribution in [0.1, 0.15) is 32.6 Å². The van der Waals surface area contributed by atoms with Gasteiger partial charge in [0.25, 0.3) is 0 Å². The van der Waals surface area contributed by atoms with Crippen molar-refractivity contribution >= 4 is 0 Å². The second-order valence-electron chi connectivity index (χ2n) is 3.99. The van der Waals surface area contributed by atoms with E-state index < -0.39 is 0 Å². The summed E-state index contributed by atoms with van der Waals surface area (Å²) in [7, 11) is 1.74. The molecule has 0 aromatic carbocycles. The topological polar surface area (TPSA) is 30.5 Å². The second-order valence-corrected chi connectivity index (χ2v) is 3.99. The van der Waals surface area contributed by atoms with E-state index in [1.807, 2.05) is 0 Å². The summed E-state index contributed by atoms with van der Waals surface area (Å²) in [5.41, 5.74) is 0. The van der Waals surface area contributed by atoms with E-state index in [1.165, 1.54) is 19.3 Å². The SMILES string of the molecule is CCCNC(COC)COC1CCC1. The summed E-state index contributed by atoms with van der Waals surface area (Å²) in [4.78, 5) is 0. The Morgan fingerprint density at radius 1 is 1.36 bits per heavy atom. The molecule has 0 aromatic heterocycles. The smallest absolute Gasteiger partial charge is 0.0645 e. The molecule has 1 aliphatic rings. The highest BCUT2D eigenvalue weighted by Crippen LogP contribution is 2.21. The Hall–Kier alpha value is -0.120. The number of methoxy groups -OCH3 is 1. The number of ether oxygens (including phenoxy) is 2. The molecule has 3 heteroatoms. The van der Waals surface area contributed by atoms with Crippen molar-refractivity contribution in [1.82, 2.24) is 5.32 Å². The molecular weight excluding hydrogens is 178 g/mol. The van der Waals surface area contributed by atoms with Crippen molar-refractivity contribution in [2.45, 2.75) is 44.8 Å². The highest BCUT2D eigenvalue weighted by atomic mass is 16.5. The molecule has 0 amide bonds. The van der Waals surface area contributed by atoms with E-state index in [-0.39, 0.29) is 0 Å². The lowest BCUT2D eigenvalue weighted by Gasteiger charge is -2.28. The zero-order valence-electron chi connectivity index (χ0n) is 9.42. The fraction of sp³-hybridized carbons (Fsp3) is 1.00. The minimum absolute atomic E-state index is 0.362. The predicted molar refractivity (Wildman–Crippen MR) is 57.5 cm³/mol. The minimum atomic E-state index is 0.362. The quantitative estimate of drug-likeness (QED) is 0.646. The van der Waals surface area contributed by atoms with Crippen molar-refractivity contribution in [2.24, 2.45) is 0 Å². The lowest BCUT2D eigenvalue weighted by Crippen LogP contribution is -2.39. The van der Waals surface area contributed by atoms with Gasteiger partial charge in [0.05, 0.1) is 25.4 Å². The van der Waals surface area contributed by atoms with Crippen LogP contribution in [-0.2, 0) is 9.47 Å². The van der Waals surface area contributed by atoms with Crippen LogP contribution in [0.4, 0.5) is 0 Å². The van der Waals surface area contributed by atoms with E-state index in [9.17, 15) is 0 Å². The standard InChI is InChI=1S/C11H23NO2/c1-3-7-12-10(8-13-2)9-14-11-5-4-6-11/h10-12H,3-9H2,1-2H3. The van der Waals surface area contributed by atoms with Crippen LogP contribution in [0.2, 0.25) is 0 Å². The maximum Gasteiger partial charge on any atom is 0.0645 e. The summed E-state index contributed by atoms with van der Waals surface area (Å²) < 4.78 is 10.9. The fourth-order valence-electron chi connectivity index (χ4n) is 1.51. The van der Waals surface area contributed by atoms with Gasteiger partial charge in [-0.25, -0.2) is 0 Å². The zero-order valence-corrected chi connectivity index (χ0v) is 9.42. The fourth-order valence-corrected chi connectivity index (χ4v) is 1.51. The summed E-state index contributed by atoms with van der Waals surface area (Å²) in [6.07, 6.45) is 5.50. The largest absolute Gasteiger partial charge is 0.383 e. The number of rotatable bonds is 8. The maximum absolute atomic E-state index is 5.75. The lowest BCUT2D eigenvalue weighted by atomic mass is 9.96. The Morgan fingerprint density at radius 3 is 2.64 bits per heavy atom. The first-order valence-electron chi connectivity index (χ1n) is 5.70. The van der Waals surface area contributed by atoms with E-state index in [0.29, 0.717) is 12.1 Å². The van der Waals surface area contributed by atoms with Crippen LogP contribution in [0.15, 0.2) is 0 Å². The van der Waals surface area contributed by atoms with Gasteiger partial charge in [-0.1, -0.05) is 6.92 Å². The monoisotopic (exact) mass is 201 g/mol. The molecule has 14 heavy (non-hydrogen) atoms. The molecule has 1 saturated carbocycles. The molecule has 1 rings (SSSR count). The van der Waals surface area contributed by atoms with Gasteiger partial charge in [0.2, 0.25) is 0 Å². The van der Waals surface area contributed by atoms with E-state index in [1.54, 1.807) is 7.11 Å². The highest BCUT2D eigenvalue weighted by Gasteiger charge is 2.19. The molecule has 1 unspecified atom stereocenters. The summed E-state index contributed by atoms with van der Waals surface area (Å²) in [5, 5.41) is 3.42. The van der Waals surface area contributed by atoms with Crippen molar-refractivity contribution in [3.63, 3.8) is 0 Å². The molecule has 0 spiro atoms. The Morgan fingerprint density at radius 2 is 2.14 bits per heavy atom. The molecule has 0 bridgehead atoms. The lowest BCUT2D eigenvalue weighted by molar-refractivity contribution is -0.0183. The molecule has 3 nitrogen and oxygen atoms in total. The molecule has 1 atom stereocenters. The molecule has 0 radical (unpaired) electrons. The molecule has 1 N–H and O–H groups in total. The van der Waals surface area contributed by atoms with Gasteiger partial charge in [-0.2, -0.15) is 0 Å². The van der Waals surface area contributed by atoms with E-state index in [4.69, 9.17) is 9.47 Å². The third-order valence-electron chi connectivity index (χ3n) is 2.64. The molecule has 1 fully saturated rings. The maximum atomic E-state index is 5.75. The molecule has 84 valence electrons. The van der Waals surface area contributed by atoms with Crippen molar-refractivity contribution in [2.75, 3.05) is 26.9 Å². The van der Waals surface area contributed by atoms with Gasteiger partial charge >= 0.3 is 0 Å². The summed E-state index contributed by atoms with van der Waals surface area (Å²) in [6.45, 7) is 4.75. The van der Waals surface area contributed by atoms with Crippen molar-refractivity contribution in [3.05, 3.63) is 0 Å². The van der Waals surface area contributed by atoms with Gasteiger partial charge in [0.1, 0.15) is 0 Å². The van der Waals surface area contributed by atoms with Crippen LogP contribution in [-0.4, -0.2) is 39.0 Å². The Labute approximate surface area is 87.2 Å². The molecular formula is C11H23NO2. The molecule has 1 aliphatic carbocycles. The second kappa shape index (κ2) is 7.21. The van der Waals surface area contributed by atoms with Gasteiger partial charge in [-0.3, -0.25) is 0 Å². The predicted octanol–water partition coefficient (Wildman–Crippen LogP) is 1.57. The van der Waals surface area contributed by atoms with Crippen molar-refractivity contribution in [3.8, 4) is 0 Å². The third kappa shape index (κ3) is 4.40. The van der Waals surface area contributed by atoms with Crippen molar-refractivity contribution in [1.29, 1.82) is 0 Å². The van der Waals surface area contributed by atoms with E-state index in [0.717, 1.165) is 26.2 Å². The first kappa shape index (κ1) is 12.0. The summed E-state index contributed by atoms with van der Waals surface area (Å²) >= 11 is 0. The van der Waals surface area contributed by atoms with E-state index >= 15 is 0 Å².